The third-order valence-corrected chi connectivity index (χ3v) is 7.79. The minimum absolute atomic E-state index is 0.0194. The van der Waals surface area contributed by atoms with Crippen LogP contribution in [-0.4, -0.2) is 38.2 Å². The van der Waals surface area contributed by atoms with Crippen LogP contribution < -0.4 is 5.46 Å². The zero-order valence-electron chi connectivity index (χ0n) is 21.2. The SMILES string of the molecule is CC1(C)OB(c2c(O)c(O)c3c(c2O)c2ccccc2n3-c2ccc(-c3ccccc3)cc2)OC1(C)C. The number of benzene rings is 4. The Kier molecular flexibility index (Phi) is 5.09. The van der Waals surface area contributed by atoms with Gasteiger partial charge in [0.15, 0.2) is 11.5 Å². The quantitative estimate of drug-likeness (QED) is 0.166. The molecule has 1 saturated heterocycles. The number of hydrogen-bond donors (Lipinski definition) is 3. The predicted octanol–water partition coefficient (Wildman–Crippen LogP) is 5.87. The van der Waals surface area contributed by atoms with E-state index in [9.17, 15) is 15.3 Å². The summed E-state index contributed by atoms with van der Waals surface area (Å²) in [6.45, 7) is 7.57. The monoisotopic (exact) mass is 493 g/mol. The van der Waals surface area contributed by atoms with E-state index in [0.29, 0.717) is 10.9 Å². The van der Waals surface area contributed by atoms with Crippen molar-refractivity contribution >= 4 is 34.4 Å². The largest absolute Gasteiger partial charge is 0.507 e. The van der Waals surface area contributed by atoms with E-state index >= 15 is 0 Å². The fourth-order valence-electron chi connectivity index (χ4n) is 5.08. The van der Waals surface area contributed by atoms with E-state index in [1.165, 1.54) is 0 Å². The first-order chi connectivity index (χ1) is 17.6. The molecule has 1 fully saturated rings. The fourth-order valence-corrected chi connectivity index (χ4v) is 5.08. The van der Waals surface area contributed by atoms with Crippen molar-refractivity contribution in [2.45, 2.75) is 38.9 Å². The fraction of sp³-hybridized carbons (Fsp3) is 0.200. The Morgan fingerprint density at radius 2 is 1.22 bits per heavy atom. The maximum Gasteiger partial charge on any atom is 0.502 e. The van der Waals surface area contributed by atoms with Crippen molar-refractivity contribution < 1.29 is 24.6 Å². The van der Waals surface area contributed by atoms with Gasteiger partial charge in [-0.05, 0) is 57.0 Å². The number of nitrogens with zero attached hydrogens (tertiary/aromatic N) is 1. The Hall–Kier alpha value is -3.94. The molecule has 0 amide bonds. The molecular weight excluding hydrogens is 465 g/mol. The second-order valence-electron chi connectivity index (χ2n) is 10.5. The minimum atomic E-state index is -1.05. The molecule has 0 aliphatic carbocycles. The van der Waals surface area contributed by atoms with Crippen molar-refractivity contribution in [2.24, 2.45) is 0 Å². The van der Waals surface area contributed by atoms with Crippen molar-refractivity contribution in [3.63, 3.8) is 0 Å². The maximum atomic E-state index is 11.6. The summed E-state index contributed by atoms with van der Waals surface area (Å²) >= 11 is 0. The Morgan fingerprint density at radius 1 is 0.649 bits per heavy atom. The second kappa shape index (κ2) is 8.03. The lowest BCUT2D eigenvalue weighted by Crippen LogP contribution is -2.41. The molecule has 2 heterocycles. The van der Waals surface area contributed by atoms with E-state index in [-0.39, 0.29) is 17.0 Å². The van der Waals surface area contributed by atoms with E-state index in [1.54, 1.807) is 0 Å². The maximum absolute atomic E-state index is 11.6. The summed E-state index contributed by atoms with van der Waals surface area (Å²) in [6.07, 6.45) is 0. The third kappa shape index (κ3) is 3.42. The molecule has 0 atom stereocenters. The zero-order chi connectivity index (χ0) is 26.1. The van der Waals surface area contributed by atoms with Crippen molar-refractivity contribution in [3.8, 4) is 34.1 Å². The van der Waals surface area contributed by atoms with Gasteiger partial charge in [-0.3, -0.25) is 0 Å². The van der Waals surface area contributed by atoms with Crippen molar-refractivity contribution in [3.05, 3.63) is 78.9 Å². The van der Waals surface area contributed by atoms with Gasteiger partial charge in [-0.15, -0.1) is 0 Å². The number of para-hydroxylation sites is 1. The number of aromatic nitrogens is 1. The molecule has 5 aromatic rings. The van der Waals surface area contributed by atoms with E-state index in [2.05, 4.69) is 12.1 Å². The van der Waals surface area contributed by atoms with Gasteiger partial charge in [-0.1, -0.05) is 60.7 Å². The highest BCUT2D eigenvalue weighted by Crippen LogP contribution is 2.47. The number of rotatable bonds is 3. The molecule has 3 N–H and O–H groups in total. The molecule has 0 bridgehead atoms. The highest BCUT2D eigenvalue weighted by molar-refractivity contribution is 6.65. The van der Waals surface area contributed by atoms with Crippen molar-refractivity contribution in [1.29, 1.82) is 0 Å². The number of phenols is 3. The first-order valence-electron chi connectivity index (χ1n) is 12.3. The topological polar surface area (TPSA) is 84.1 Å². The average Bonchev–Trinajstić information content (AvgIpc) is 3.33. The highest BCUT2D eigenvalue weighted by Gasteiger charge is 2.54. The number of hydrogen-bond acceptors (Lipinski definition) is 5. The molecule has 1 aliphatic heterocycles. The van der Waals surface area contributed by atoms with Gasteiger partial charge >= 0.3 is 7.12 Å². The Labute approximate surface area is 215 Å². The van der Waals surface area contributed by atoms with E-state index in [1.807, 2.05) is 99.0 Å². The first-order valence-corrected chi connectivity index (χ1v) is 12.3. The minimum Gasteiger partial charge on any atom is -0.507 e. The van der Waals surface area contributed by atoms with Crippen LogP contribution in [0.15, 0.2) is 78.9 Å². The molecule has 0 unspecified atom stereocenters. The summed E-state index contributed by atoms with van der Waals surface area (Å²) in [5, 5.41) is 35.3. The first kappa shape index (κ1) is 23.5. The van der Waals surface area contributed by atoms with Gasteiger partial charge in [0.05, 0.1) is 27.6 Å². The van der Waals surface area contributed by atoms with Crippen LogP contribution in [0.5, 0.6) is 17.2 Å². The smallest absolute Gasteiger partial charge is 0.502 e. The molecule has 4 aromatic carbocycles. The van der Waals surface area contributed by atoms with E-state index in [0.717, 1.165) is 27.7 Å². The summed E-state index contributed by atoms with van der Waals surface area (Å²) in [5.74, 6) is -0.992. The van der Waals surface area contributed by atoms with E-state index in [4.69, 9.17) is 9.31 Å². The summed E-state index contributed by atoms with van der Waals surface area (Å²) in [4.78, 5) is 0. The second-order valence-corrected chi connectivity index (χ2v) is 10.5. The van der Waals surface area contributed by atoms with Crippen molar-refractivity contribution in [2.75, 3.05) is 0 Å². The molecule has 0 radical (unpaired) electrons. The molecule has 1 aromatic heterocycles. The Bertz CT molecular complexity index is 1640. The lowest BCUT2D eigenvalue weighted by molar-refractivity contribution is 0.00578. The van der Waals surface area contributed by atoms with Crippen LogP contribution in [-0.2, 0) is 9.31 Å². The molecule has 6 nitrogen and oxygen atoms in total. The Morgan fingerprint density at radius 3 is 1.86 bits per heavy atom. The van der Waals surface area contributed by atoms with Gasteiger partial charge in [0.2, 0.25) is 0 Å². The summed E-state index contributed by atoms with van der Waals surface area (Å²) in [5.41, 5.74) is 2.68. The third-order valence-electron chi connectivity index (χ3n) is 7.79. The molecule has 6 rings (SSSR count). The molecular formula is C30H28BNO5. The molecule has 37 heavy (non-hydrogen) atoms. The van der Waals surface area contributed by atoms with E-state index < -0.39 is 24.1 Å². The molecule has 7 heteroatoms. The van der Waals surface area contributed by atoms with Gasteiger partial charge < -0.3 is 29.2 Å². The number of phenolic OH excluding ortho intramolecular Hbond substituents is 3. The zero-order valence-corrected chi connectivity index (χ0v) is 21.2. The molecule has 186 valence electrons. The van der Waals surface area contributed by atoms with Crippen LogP contribution >= 0.6 is 0 Å². The van der Waals surface area contributed by atoms with Crippen LogP contribution in [0.3, 0.4) is 0 Å². The lowest BCUT2D eigenvalue weighted by Gasteiger charge is -2.32. The van der Waals surface area contributed by atoms with Crippen LogP contribution in [0.1, 0.15) is 27.7 Å². The van der Waals surface area contributed by atoms with Gasteiger partial charge in [-0.2, -0.15) is 0 Å². The normalized spacial score (nSPS) is 16.6. The summed E-state index contributed by atoms with van der Waals surface area (Å²) < 4.78 is 14.1. The molecule has 0 spiro atoms. The molecule has 0 saturated carbocycles. The van der Waals surface area contributed by atoms with Gasteiger partial charge in [0.1, 0.15) is 11.3 Å². The van der Waals surface area contributed by atoms with Crippen LogP contribution in [0.2, 0.25) is 0 Å². The number of aromatic hydroxyl groups is 3. The summed E-state index contributed by atoms with van der Waals surface area (Å²) in [6, 6.07) is 25.6. The predicted molar refractivity (Wildman–Crippen MR) is 147 cm³/mol. The van der Waals surface area contributed by atoms with Crippen LogP contribution in [0.25, 0.3) is 38.6 Å². The summed E-state index contributed by atoms with van der Waals surface area (Å²) in [7, 11) is -1.05. The van der Waals surface area contributed by atoms with Gasteiger partial charge in [-0.25, -0.2) is 0 Å². The average molecular weight is 493 g/mol. The lowest BCUT2D eigenvalue weighted by atomic mass is 9.76. The Balaban J connectivity index is 1.59. The standard InChI is InChI=1S/C30H28BNO5/c1-29(2)30(3,4)37-31(36-29)24-26(33)23-21-12-8-9-13-22(21)32(25(23)28(35)27(24)34)20-16-14-19(15-17-20)18-10-6-5-7-11-18/h5-17,33-35H,1-4H3. The van der Waals surface area contributed by atoms with Gasteiger partial charge in [0.25, 0.3) is 0 Å². The molecule has 1 aliphatic rings. The van der Waals surface area contributed by atoms with Crippen molar-refractivity contribution in [1.82, 2.24) is 4.57 Å². The van der Waals surface area contributed by atoms with Crippen LogP contribution in [0, 0.1) is 0 Å². The van der Waals surface area contributed by atoms with Crippen LogP contribution in [0.4, 0.5) is 0 Å². The van der Waals surface area contributed by atoms with Gasteiger partial charge in [0, 0.05) is 11.1 Å². The highest BCUT2D eigenvalue weighted by atomic mass is 16.7. The number of fused-ring (bicyclic) bond motifs is 3.